The van der Waals surface area contributed by atoms with Gasteiger partial charge in [0.05, 0.1) is 11.8 Å². The van der Waals surface area contributed by atoms with Gasteiger partial charge in [-0.2, -0.15) is 0 Å². The number of aromatic hydroxyl groups is 2. The summed E-state index contributed by atoms with van der Waals surface area (Å²) in [4.78, 5) is 24.5. The number of hydrogen-bond donors (Lipinski definition) is 4. The quantitative estimate of drug-likeness (QED) is 0.162. The number of carbonyl (C=O) groups is 2. The Bertz CT molecular complexity index is 1250. The molecule has 0 spiro atoms. The smallest absolute Gasteiger partial charge is 0.306 e. The fourth-order valence-corrected chi connectivity index (χ4v) is 6.00. The van der Waals surface area contributed by atoms with Crippen molar-refractivity contribution in [1.82, 2.24) is 0 Å². The Morgan fingerprint density at radius 1 is 0.522 bits per heavy atom. The van der Waals surface area contributed by atoms with Gasteiger partial charge >= 0.3 is 11.9 Å². The lowest BCUT2D eigenvalue weighted by molar-refractivity contribution is -0.143. The predicted molar refractivity (Wildman–Crippen MR) is 188 cm³/mol. The van der Waals surface area contributed by atoms with E-state index in [1.807, 2.05) is 24.3 Å². The largest absolute Gasteiger partial charge is 0.507 e. The van der Waals surface area contributed by atoms with Gasteiger partial charge in [-0.3, -0.25) is 9.59 Å². The molecule has 0 aromatic heterocycles. The second-order valence-electron chi connectivity index (χ2n) is 17.5. The summed E-state index contributed by atoms with van der Waals surface area (Å²) in [6.07, 6.45) is 4.54. The molecule has 2 aromatic carbocycles. The zero-order valence-electron chi connectivity index (χ0n) is 30.7. The molecule has 0 heterocycles. The Labute approximate surface area is 278 Å². The van der Waals surface area contributed by atoms with Gasteiger partial charge in [-0.05, 0) is 80.7 Å². The first-order chi connectivity index (χ1) is 20.8. The van der Waals surface area contributed by atoms with Crippen LogP contribution in [0.1, 0.15) is 155 Å². The summed E-state index contributed by atoms with van der Waals surface area (Å²) >= 11 is 0. The van der Waals surface area contributed by atoms with E-state index in [1.165, 1.54) is 0 Å². The molecule has 0 aliphatic carbocycles. The molecule has 2 rings (SSSR count). The fourth-order valence-electron chi connectivity index (χ4n) is 6.00. The van der Waals surface area contributed by atoms with E-state index < -0.39 is 23.8 Å². The minimum absolute atomic E-state index is 0.141. The molecule has 2 unspecified atom stereocenters. The second kappa shape index (κ2) is 14.8. The molecule has 0 saturated carbocycles. The third-order valence-corrected chi connectivity index (χ3v) is 9.21. The third kappa shape index (κ3) is 10.8. The molecule has 258 valence electrons. The number of benzene rings is 2. The van der Waals surface area contributed by atoms with Crippen LogP contribution in [0.15, 0.2) is 24.3 Å². The van der Waals surface area contributed by atoms with Gasteiger partial charge in [0.15, 0.2) is 0 Å². The summed E-state index contributed by atoms with van der Waals surface area (Å²) in [6.45, 7) is 25.0. The van der Waals surface area contributed by atoms with Crippen molar-refractivity contribution in [2.75, 3.05) is 0 Å². The first-order valence-corrected chi connectivity index (χ1v) is 17.0. The molecule has 0 aliphatic heterocycles. The van der Waals surface area contributed by atoms with E-state index in [2.05, 4.69) is 83.1 Å². The van der Waals surface area contributed by atoms with Crippen molar-refractivity contribution >= 4 is 11.9 Å². The van der Waals surface area contributed by atoms with Crippen molar-refractivity contribution in [3.63, 3.8) is 0 Å². The summed E-state index contributed by atoms with van der Waals surface area (Å²) in [5.74, 6) is -2.57. The minimum Gasteiger partial charge on any atom is -0.507 e. The van der Waals surface area contributed by atoms with Crippen LogP contribution in [0.4, 0.5) is 0 Å². The summed E-state index contributed by atoms with van der Waals surface area (Å²) in [5, 5.41) is 42.4. The van der Waals surface area contributed by atoms with Crippen LogP contribution in [0.3, 0.4) is 0 Å². The maximum absolute atomic E-state index is 12.3. The lowest BCUT2D eigenvalue weighted by Gasteiger charge is -2.28. The molecule has 0 amide bonds. The van der Waals surface area contributed by atoms with Gasteiger partial charge in [-0.15, -0.1) is 0 Å². The molecule has 46 heavy (non-hydrogen) atoms. The van der Waals surface area contributed by atoms with Crippen LogP contribution >= 0.6 is 0 Å². The molecule has 0 aliphatic rings. The number of rotatable bonds is 13. The number of phenolic OH excluding ortho intramolecular Hbond substituents is 2. The average molecular weight is 639 g/mol. The van der Waals surface area contributed by atoms with Gasteiger partial charge in [-0.1, -0.05) is 133 Å². The molecule has 0 fully saturated rings. The first-order valence-electron chi connectivity index (χ1n) is 17.0. The summed E-state index contributed by atoms with van der Waals surface area (Å²) < 4.78 is 0. The number of aliphatic carboxylic acids is 2. The van der Waals surface area contributed by atoms with Crippen LogP contribution in [-0.4, -0.2) is 32.4 Å². The maximum Gasteiger partial charge on any atom is 0.306 e. The number of phenols is 2. The highest BCUT2D eigenvalue weighted by Crippen LogP contribution is 2.40. The highest BCUT2D eigenvalue weighted by molar-refractivity contribution is 5.71. The van der Waals surface area contributed by atoms with Crippen LogP contribution in [0, 0.1) is 11.8 Å². The maximum atomic E-state index is 12.3. The van der Waals surface area contributed by atoms with Gasteiger partial charge in [0.25, 0.3) is 0 Å². The topological polar surface area (TPSA) is 115 Å². The highest BCUT2D eigenvalue weighted by atomic mass is 16.4. The SMILES string of the molecule is CC(C)(C)c1cc(CC(CCCCCCC(Cc2cc(C(C)(C)C)cc(C(C)(C)C)c2O)C(=O)O)C(=O)O)c(O)c(C(C)(C)C)c1. The number of unbranched alkanes of at least 4 members (excludes halogenated alkanes) is 3. The van der Waals surface area contributed by atoms with Gasteiger partial charge < -0.3 is 20.4 Å². The van der Waals surface area contributed by atoms with Crippen molar-refractivity contribution in [2.24, 2.45) is 11.8 Å². The summed E-state index contributed by atoms with van der Waals surface area (Å²) in [6, 6.07) is 8.02. The standard InChI is InChI=1S/C40H62O6/c1-37(2,3)29-21-27(33(41)31(23-29)39(7,8)9)19-25(35(43)44)17-15-13-14-16-18-26(36(45)46)20-28-22-30(38(4,5)6)24-32(34(28)42)40(10,11)12/h21-26,41-42H,13-20H2,1-12H3,(H,43,44)(H,45,46). The molecule has 4 N–H and O–H groups in total. The average Bonchev–Trinajstić information content (AvgIpc) is 2.87. The highest BCUT2D eigenvalue weighted by Gasteiger charge is 2.29. The molecular weight excluding hydrogens is 576 g/mol. The zero-order chi connectivity index (χ0) is 35.4. The molecular formula is C40H62O6. The lowest BCUT2D eigenvalue weighted by atomic mass is 9.77. The zero-order valence-corrected chi connectivity index (χ0v) is 30.7. The van der Waals surface area contributed by atoms with Crippen molar-refractivity contribution in [3.8, 4) is 11.5 Å². The van der Waals surface area contributed by atoms with E-state index >= 15 is 0 Å². The molecule has 0 saturated heterocycles. The van der Waals surface area contributed by atoms with Crippen molar-refractivity contribution in [2.45, 2.75) is 156 Å². The predicted octanol–water partition coefficient (Wildman–Crippen LogP) is 9.82. The monoisotopic (exact) mass is 638 g/mol. The van der Waals surface area contributed by atoms with E-state index in [4.69, 9.17) is 0 Å². The Hall–Kier alpha value is -3.02. The van der Waals surface area contributed by atoms with Crippen molar-refractivity contribution < 1.29 is 30.0 Å². The number of carboxylic acids is 2. The molecule has 2 aromatic rings. The van der Waals surface area contributed by atoms with Crippen LogP contribution < -0.4 is 0 Å². The second-order valence-corrected chi connectivity index (χ2v) is 17.5. The number of hydrogen-bond acceptors (Lipinski definition) is 4. The first kappa shape index (κ1) is 39.2. The van der Waals surface area contributed by atoms with E-state index in [0.717, 1.165) is 35.1 Å². The Kier molecular flexibility index (Phi) is 12.6. The van der Waals surface area contributed by atoms with E-state index in [0.29, 0.717) is 36.8 Å². The van der Waals surface area contributed by atoms with Gasteiger partial charge in [-0.25, -0.2) is 0 Å². The van der Waals surface area contributed by atoms with Crippen molar-refractivity contribution in [1.29, 1.82) is 0 Å². The number of carboxylic acid groups (broad SMARTS) is 2. The Balaban J connectivity index is 2.08. The van der Waals surface area contributed by atoms with E-state index in [9.17, 15) is 30.0 Å². The van der Waals surface area contributed by atoms with Crippen LogP contribution in [0.5, 0.6) is 11.5 Å². The molecule has 6 nitrogen and oxygen atoms in total. The van der Waals surface area contributed by atoms with Crippen LogP contribution in [0.25, 0.3) is 0 Å². The molecule has 0 bridgehead atoms. The fraction of sp³-hybridized carbons (Fsp3) is 0.650. The minimum atomic E-state index is -0.865. The summed E-state index contributed by atoms with van der Waals surface area (Å²) in [5.41, 5.74) is 4.34. The van der Waals surface area contributed by atoms with Gasteiger partial charge in [0.1, 0.15) is 11.5 Å². The molecule has 2 atom stereocenters. The van der Waals surface area contributed by atoms with Gasteiger partial charge in [0.2, 0.25) is 0 Å². The molecule has 0 radical (unpaired) electrons. The Morgan fingerprint density at radius 2 is 0.826 bits per heavy atom. The Morgan fingerprint density at radius 3 is 1.07 bits per heavy atom. The summed E-state index contributed by atoms with van der Waals surface area (Å²) in [7, 11) is 0. The van der Waals surface area contributed by atoms with Crippen LogP contribution in [0.2, 0.25) is 0 Å². The van der Waals surface area contributed by atoms with E-state index in [-0.39, 0.29) is 46.0 Å². The third-order valence-electron chi connectivity index (χ3n) is 9.21. The molecule has 6 heteroatoms. The van der Waals surface area contributed by atoms with E-state index in [1.54, 1.807) is 0 Å². The van der Waals surface area contributed by atoms with Crippen LogP contribution in [-0.2, 0) is 44.1 Å². The lowest BCUT2D eigenvalue weighted by Crippen LogP contribution is -2.20. The normalized spacial score (nSPS) is 14.3. The van der Waals surface area contributed by atoms with Crippen molar-refractivity contribution in [3.05, 3.63) is 57.6 Å². The van der Waals surface area contributed by atoms with Gasteiger partial charge in [0, 0.05) is 0 Å².